The molecule has 0 atom stereocenters. The first-order valence-corrected chi connectivity index (χ1v) is 10.5. The number of carbonyl (C=O) groups is 2. The Hall–Kier alpha value is -3.50. The molecule has 8 nitrogen and oxygen atoms in total. The summed E-state index contributed by atoms with van der Waals surface area (Å²) in [6.07, 6.45) is 2.88. The molecule has 0 aliphatic carbocycles. The van der Waals surface area contributed by atoms with Gasteiger partial charge in [0.25, 0.3) is 11.8 Å². The van der Waals surface area contributed by atoms with E-state index in [1.165, 1.54) is 49.9 Å². The third-order valence-electron chi connectivity index (χ3n) is 4.14. The average Bonchev–Trinajstić information content (AvgIpc) is 2.80. The summed E-state index contributed by atoms with van der Waals surface area (Å²) in [5.74, 6) is -0.692. The van der Waals surface area contributed by atoms with Gasteiger partial charge in [0.15, 0.2) is 18.1 Å². The summed E-state index contributed by atoms with van der Waals surface area (Å²) in [6, 6.07) is 11.7. The van der Waals surface area contributed by atoms with Gasteiger partial charge in [-0.2, -0.15) is 5.10 Å². The molecule has 0 aliphatic heterocycles. The fourth-order valence-electron chi connectivity index (χ4n) is 2.57. The Bertz CT molecular complexity index is 1190. The number of nitrogens with zero attached hydrogens (tertiary/aromatic N) is 2. The maximum atomic E-state index is 13.0. The lowest BCUT2D eigenvalue weighted by molar-refractivity contribution is -0.118. The molecule has 2 N–H and O–H groups in total. The van der Waals surface area contributed by atoms with Gasteiger partial charge in [0.05, 0.1) is 18.9 Å². The number of methoxy groups -OCH3 is 1. The molecule has 0 saturated heterocycles. The lowest BCUT2D eigenvalue weighted by Gasteiger charge is -2.13. The molecular weight excluding hydrogens is 519 g/mol. The number of aromatic nitrogens is 1. The highest BCUT2D eigenvalue weighted by atomic mass is 79.9. The summed E-state index contributed by atoms with van der Waals surface area (Å²) in [6.45, 7) is -0.296. The summed E-state index contributed by atoms with van der Waals surface area (Å²) in [5, 5.41) is 6.59. The number of hydrogen-bond acceptors (Lipinski definition) is 6. The van der Waals surface area contributed by atoms with Gasteiger partial charge >= 0.3 is 0 Å². The molecule has 0 saturated carbocycles. The Morgan fingerprint density at radius 1 is 1.21 bits per heavy atom. The van der Waals surface area contributed by atoms with Crippen molar-refractivity contribution in [1.29, 1.82) is 0 Å². The standard InChI is InChI=1S/C22H17BrClFN4O4/c1-32-18-9-13(11-27-29-22(31)16-3-2-8-26-21(16)24)17(23)10-19(18)33-12-20(30)28-15-6-4-14(25)5-7-15/h2-11H,12H2,1H3,(H,28,30)(H,29,31). The molecule has 2 amide bonds. The van der Waals surface area contributed by atoms with E-state index in [9.17, 15) is 14.0 Å². The third kappa shape index (κ3) is 6.74. The molecule has 0 bridgehead atoms. The van der Waals surface area contributed by atoms with E-state index >= 15 is 0 Å². The summed E-state index contributed by atoms with van der Waals surface area (Å²) in [4.78, 5) is 28.1. The Labute approximate surface area is 201 Å². The van der Waals surface area contributed by atoms with Crippen LogP contribution in [0.15, 0.2) is 64.3 Å². The van der Waals surface area contributed by atoms with E-state index in [0.717, 1.165) is 0 Å². The average molecular weight is 536 g/mol. The second-order valence-electron chi connectivity index (χ2n) is 6.41. The second-order valence-corrected chi connectivity index (χ2v) is 7.62. The summed E-state index contributed by atoms with van der Waals surface area (Å²) < 4.78 is 24.4. The molecule has 3 rings (SSSR count). The summed E-state index contributed by atoms with van der Waals surface area (Å²) in [5.41, 5.74) is 3.58. The zero-order valence-corrected chi connectivity index (χ0v) is 19.5. The molecule has 33 heavy (non-hydrogen) atoms. The lowest BCUT2D eigenvalue weighted by atomic mass is 10.2. The fraction of sp³-hybridized carbons (Fsp3) is 0.0909. The van der Waals surface area contributed by atoms with E-state index in [0.29, 0.717) is 27.2 Å². The van der Waals surface area contributed by atoms with Crippen molar-refractivity contribution >= 4 is 51.2 Å². The lowest BCUT2D eigenvalue weighted by Crippen LogP contribution is -2.20. The van der Waals surface area contributed by atoms with E-state index in [-0.39, 0.29) is 17.3 Å². The van der Waals surface area contributed by atoms with Crippen LogP contribution in [0.25, 0.3) is 0 Å². The molecule has 3 aromatic rings. The molecule has 11 heteroatoms. The Morgan fingerprint density at radius 3 is 2.67 bits per heavy atom. The molecule has 0 spiro atoms. The minimum atomic E-state index is -0.514. The molecule has 0 unspecified atom stereocenters. The Kier molecular flexibility index (Phi) is 8.34. The van der Waals surface area contributed by atoms with E-state index in [1.807, 2.05) is 0 Å². The normalized spacial score (nSPS) is 10.7. The van der Waals surface area contributed by atoms with Crippen molar-refractivity contribution in [3.05, 3.63) is 81.3 Å². The molecular formula is C22H17BrClFN4O4. The van der Waals surface area contributed by atoms with Crippen LogP contribution in [0.3, 0.4) is 0 Å². The van der Waals surface area contributed by atoms with E-state index in [1.54, 1.807) is 18.2 Å². The SMILES string of the molecule is COc1cc(C=NNC(=O)c2cccnc2Cl)c(Br)cc1OCC(=O)Nc1ccc(F)cc1. The number of ether oxygens (including phenoxy) is 2. The summed E-state index contributed by atoms with van der Waals surface area (Å²) in [7, 11) is 1.45. The Balaban J connectivity index is 1.63. The number of benzene rings is 2. The molecule has 0 fully saturated rings. The highest BCUT2D eigenvalue weighted by molar-refractivity contribution is 9.10. The van der Waals surface area contributed by atoms with Crippen LogP contribution in [-0.2, 0) is 4.79 Å². The first-order valence-electron chi connectivity index (χ1n) is 9.37. The molecule has 0 radical (unpaired) electrons. The number of hydrogen-bond donors (Lipinski definition) is 2. The van der Waals surface area contributed by atoms with Crippen molar-refractivity contribution in [2.24, 2.45) is 5.10 Å². The van der Waals surface area contributed by atoms with Crippen molar-refractivity contribution in [2.45, 2.75) is 0 Å². The van der Waals surface area contributed by atoms with Crippen LogP contribution in [0.5, 0.6) is 11.5 Å². The largest absolute Gasteiger partial charge is 0.493 e. The zero-order chi connectivity index (χ0) is 23.8. The van der Waals surface area contributed by atoms with Crippen molar-refractivity contribution in [3.8, 4) is 11.5 Å². The highest BCUT2D eigenvalue weighted by Gasteiger charge is 2.13. The van der Waals surface area contributed by atoms with Gasteiger partial charge < -0.3 is 14.8 Å². The maximum Gasteiger partial charge on any atom is 0.274 e. The highest BCUT2D eigenvalue weighted by Crippen LogP contribution is 2.33. The van der Waals surface area contributed by atoms with Gasteiger partial charge in [-0.3, -0.25) is 9.59 Å². The topological polar surface area (TPSA) is 102 Å². The molecule has 2 aromatic carbocycles. The van der Waals surface area contributed by atoms with Crippen molar-refractivity contribution in [1.82, 2.24) is 10.4 Å². The van der Waals surface area contributed by atoms with Crippen molar-refractivity contribution in [2.75, 3.05) is 19.0 Å². The van der Waals surface area contributed by atoms with Crippen molar-refractivity contribution in [3.63, 3.8) is 0 Å². The van der Waals surface area contributed by atoms with Crippen LogP contribution in [-0.4, -0.2) is 36.7 Å². The number of nitrogens with one attached hydrogen (secondary N) is 2. The number of halogens is 3. The maximum absolute atomic E-state index is 13.0. The Morgan fingerprint density at radius 2 is 1.97 bits per heavy atom. The van der Waals surface area contributed by atoms with Gasteiger partial charge in [0.2, 0.25) is 0 Å². The third-order valence-corrected chi connectivity index (χ3v) is 5.13. The number of amides is 2. The molecule has 0 aliphatic rings. The molecule has 1 aromatic heterocycles. The molecule has 170 valence electrons. The van der Waals surface area contributed by atoms with Gasteiger partial charge in [-0.25, -0.2) is 14.8 Å². The van der Waals surface area contributed by atoms with Gasteiger partial charge in [0.1, 0.15) is 11.0 Å². The fourth-order valence-corrected chi connectivity index (χ4v) is 3.20. The van der Waals surface area contributed by atoms with Gasteiger partial charge in [-0.05, 0) is 64.5 Å². The zero-order valence-electron chi connectivity index (χ0n) is 17.1. The minimum absolute atomic E-state index is 0.0676. The summed E-state index contributed by atoms with van der Waals surface area (Å²) >= 11 is 9.29. The van der Waals surface area contributed by atoms with E-state index < -0.39 is 17.6 Å². The smallest absolute Gasteiger partial charge is 0.274 e. The number of rotatable bonds is 8. The van der Waals surface area contributed by atoms with Gasteiger partial charge in [-0.15, -0.1) is 0 Å². The van der Waals surface area contributed by atoms with Crippen molar-refractivity contribution < 1.29 is 23.5 Å². The van der Waals surface area contributed by atoms with Crippen LogP contribution in [0, 0.1) is 5.82 Å². The first-order chi connectivity index (χ1) is 15.9. The molecule has 1 heterocycles. The van der Waals surface area contributed by atoms with Crippen LogP contribution >= 0.6 is 27.5 Å². The van der Waals surface area contributed by atoms with Crippen LogP contribution in [0.2, 0.25) is 5.15 Å². The van der Waals surface area contributed by atoms with Gasteiger partial charge in [0, 0.05) is 21.9 Å². The minimum Gasteiger partial charge on any atom is -0.493 e. The quantitative estimate of drug-likeness (QED) is 0.252. The van der Waals surface area contributed by atoms with Crippen LogP contribution in [0.4, 0.5) is 10.1 Å². The van der Waals surface area contributed by atoms with Crippen LogP contribution < -0.4 is 20.2 Å². The number of carbonyl (C=O) groups excluding carboxylic acids is 2. The van der Waals surface area contributed by atoms with E-state index in [4.69, 9.17) is 21.1 Å². The van der Waals surface area contributed by atoms with E-state index in [2.05, 4.69) is 36.8 Å². The van der Waals surface area contributed by atoms with Crippen LogP contribution in [0.1, 0.15) is 15.9 Å². The first kappa shape index (κ1) is 24.1. The monoisotopic (exact) mass is 534 g/mol. The number of anilines is 1. The number of pyridine rings is 1. The predicted molar refractivity (Wildman–Crippen MR) is 126 cm³/mol. The second kappa shape index (κ2) is 11.4. The van der Waals surface area contributed by atoms with Gasteiger partial charge in [-0.1, -0.05) is 11.6 Å². The predicted octanol–water partition coefficient (Wildman–Crippen LogP) is 4.43. The number of hydrazone groups is 1.